The average molecular weight is 365 g/mol. The Morgan fingerprint density at radius 2 is 1.95 bits per heavy atom. The summed E-state index contributed by atoms with van der Waals surface area (Å²) in [5, 5.41) is 2.71. The van der Waals surface area contributed by atoms with Crippen LogP contribution < -0.4 is 5.32 Å². The molecule has 1 N–H and O–H groups in total. The second-order valence-electron chi connectivity index (χ2n) is 4.95. The van der Waals surface area contributed by atoms with E-state index in [9.17, 15) is 18.0 Å². The van der Waals surface area contributed by atoms with Crippen molar-refractivity contribution in [3.8, 4) is 0 Å². The number of alkyl halides is 3. The Balaban J connectivity index is 1.95. The zero-order chi connectivity index (χ0) is 15.5. The minimum Gasteiger partial charge on any atom is -0.384 e. The smallest absolute Gasteiger partial charge is 0.384 e. The number of nitrogens with zero attached hydrogens (tertiary/aromatic N) is 1. The van der Waals surface area contributed by atoms with Crippen molar-refractivity contribution in [3.63, 3.8) is 0 Å². The van der Waals surface area contributed by atoms with Crippen molar-refractivity contribution in [1.29, 1.82) is 0 Å². The molecule has 0 radical (unpaired) electrons. The number of anilines is 1. The van der Waals surface area contributed by atoms with Gasteiger partial charge in [0, 0.05) is 36.2 Å². The number of halogens is 4. The molecule has 116 valence electrons. The van der Waals surface area contributed by atoms with Gasteiger partial charge in [-0.25, -0.2) is 0 Å². The van der Waals surface area contributed by atoms with E-state index in [1.165, 1.54) is 6.07 Å². The summed E-state index contributed by atoms with van der Waals surface area (Å²) in [6, 6.07) is 3.94. The SMILES string of the molecule is O=C(CCNc1ccc(Br)cc1C(F)(F)F)N1CCCC1. The van der Waals surface area contributed by atoms with Gasteiger partial charge in [-0.3, -0.25) is 4.79 Å². The summed E-state index contributed by atoms with van der Waals surface area (Å²) in [6.45, 7) is 1.70. The molecule has 0 aliphatic carbocycles. The van der Waals surface area contributed by atoms with Gasteiger partial charge in [0.1, 0.15) is 0 Å². The molecule has 0 spiro atoms. The molecule has 0 unspecified atom stereocenters. The fraction of sp³-hybridized carbons (Fsp3) is 0.500. The minimum atomic E-state index is -4.43. The summed E-state index contributed by atoms with van der Waals surface area (Å²) in [7, 11) is 0. The van der Waals surface area contributed by atoms with Crippen LogP contribution in [-0.4, -0.2) is 30.4 Å². The number of benzene rings is 1. The van der Waals surface area contributed by atoms with E-state index in [0.29, 0.717) is 4.47 Å². The predicted octanol–water partition coefficient (Wildman–Crippen LogP) is 3.89. The summed E-state index contributed by atoms with van der Waals surface area (Å²) >= 11 is 3.04. The molecule has 1 aliphatic heterocycles. The van der Waals surface area contributed by atoms with Gasteiger partial charge in [0.25, 0.3) is 0 Å². The Bertz CT molecular complexity index is 513. The highest BCUT2D eigenvalue weighted by Gasteiger charge is 2.33. The Hall–Kier alpha value is -1.24. The lowest BCUT2D eigenvalue weighted by atomic mass is 10.1. The first-order valence-electron chi connectivity index (χ1n) is 6.76. The maximum Gasteiger partial charge on any atom is 0.418 e. The van der Waals surface area contributed by atoms with Crippen LogP contribution in [0.1, 0.15) is 24.8 Å². The number of hydrogen-bond acceptors (Lipinski definition) is 2. The van der Waals surface area contributed by atoms with Crippen molar-refractivity contribution in [3.05, 3.63) is 28.2 Å². The van der Waals surface area contributed by atoms with Crippen LogP contribution in [0.25, 0.3) is 0 Å². The third-order valence-electron chi connectivity index (χ3n) is 3.40. The van der Waals surface area contributed by atoms with Crippen molar-refractivity contribution in [1.82, 2.24) is 4.90 Å². The van der Waals surface area contributed by atoms with E-state index in [0.717, 1.165) is 32.0 Å². The Morgan fingerprint density at radius 1 is 1.29 bits per heavy atom. The number of carbonyl (C=O) groups is 1. The molecule has 7 heteroatoms. The van der Waals surface area contributed by atoms with Gasteiger partial charge in [-0.2, -0.15) is 13.2 Å². The maximum atomic E-state index is 12.9. The first-order chi connectivity index (χ1) is 9.88. The van der Waals surface area contributed by atoms with Gasteiger partial charge in [-0.15, -0.1) is 0 Å². The predicted molar refractivity (Wildman–Crippen MR) is 78.1 cm³/mol. The normalized spacial score (nSPS) is 15.3. The fourth-order valence-corrected chi connectivity index (χ4v) is 2.69. The van der Waals surface area contributed by atoms with Crippen molar-refractivity contribution in [2.75, 3.05) is 25.0 Å². The van der Waals surface area contributed by atoms with Crippen LogP contribution in [0, 0.1) is 0 Å². The van der Waals surface area contributed by atoms with E-state index in [-0.39, 0.29) is 24.6 Å². The van der Waals surface area contributed by atoms with E-state index in [1.807, 2.05) is 0 Å². The van der Waals surface area contributed by atoms with Gasteiger partial charge < -0.3 is 10.2 Å². The molecule has 3 nitrogen and oxygen atoms in total. The minimum absolute atomic E-state index is 0.0000723. The molecule has 0 atom stereocenters. The van der Waals surface area contributed by atoms with Crippen LogP contribution in [-0.2, 0) is 11.0 Å². The number of carbonyl (C=O) groups excluding carboxylic acids is 1. The van der Waals surface area contributed by atoms with E-state index in [4.69, 9.17) is 0 Å². The topological polar surface area (TPSA) is 32.3 Å². The molecule has 1 heterocycles. The largest absolute Gasteiger partial charge is 0.418 e. The summed E-state index contributed by atoms with van der Waals surface area (Å²) < 4.78 is 39.1. The molecular weight excluding hydrogens is 349 g/mol. The molecule has 1 aromatic rings. The lowest BCUT2D eigenvalue weighted by molar-refractivity contribution is -0.137. The fourth-order valence-electron chi connectivity index (χ4n) is 2.33. The zero-order valence-electron chi connectivity index (χ0n) is 11.3. The second kappa shape index (κ2) is 6.68. The van der Waals surface area contributed by atoms with Crippen molar-refractivity contribution in [2.45, 2.75) is 25.4 Å². The van der Waals surface area contributed by atoms with Crippen LogP contribution in [0.5, 0.6) is 0 Å². The standard InChI is InChI=1S/C14H16BrF3N2O/c15-10-3-4-12(11(9-10)14(16,17)18)19-6-5-13(21)20-7-1-2-8-20/h3-4,9,19H,1-2,5-8H2. The highest BCUT2D eigenvalue weighted by molar-refractivity contribution is 9.10. The van der Waals surface area contributed by atoms with Crippen LogP contribution in [0.15, 0.2) is 22.7 Å². The first-order valence-corrected chi connectivity index (χ1v) is 7.55. The monoisotopic (exact) mass is 364 g/mol. The maximum absolute atomic E-state index is 12.9. The van der Waals surface area contributed by atoms with Crippen LogP contribution in [0.3, 0.4) is 0 Å². The molecule has 0 bridgehead atoms. The van der Waals surface area contributed by atoms with Gasteiger partial charge in [0.2, 0.25) is 5.91 Å². The van der Waals surface area contributed by atoms with Gasteiger partial charge in [-0.05, 0) is 31.0 Å². The Labute approximate surface area is 129 Å². The summed E-state index contributed by atoms with van der Waals surface area (Å²) in [4.78, 5) is 13.6. The first kappa shape index (κ1) is 16.1. The van der Waals surface area contributed by atoms with E-state index < -0.39 is 11.7 Å². The van der Waals surface area contributed by atoms with E-state index >= 15 is 0 Å². The Kier molecular flexibility index (Phi) is 5.13. The number of nitrogens with one attached hydrogen (secondary N) is 1. The van der Waals surface area contributed by atoms with Gasteiger partial charge >= 0.3 is 6.18 Å². The molecule has 1 aromatic carbocycles. The summed E-state index contributed by atoms with van der Waals surface area (Å²) in [6.07, 6.45) is -2.22. The van der Waals surface area contributed by atoms with Gasteiger partial charge in [0.05, 0.1) is 5.56 Å². The zero-order valence-corrected chi connectivity index (χ0v) is 12.9. The molecule has 21 heavy (non-hydrogen) atoms. The van der Waals surface area contributed by atoms with Crippen LogP contribution >= 0.6 is 15.9 Å². The molecule has 0 saturated carbocycles. The number of amides is 1. The molecule has 1 saturated heterocycles. The number of rotatable bonds is 4. The van der Waals surface area contributed by atoms with Crippen molar-refractivity contribution >= 4 is 27.5 Å². The molecule has 1 fully saturated rings. The molecule has 1 amide bonds. The molecular formula is C14H16BrF3N2O. The van der Waals surface area contributed by atoms with Crippen molar-refractivity contribution in [2.24, 2.45) is 0 Å². The molecule has 2 rings (SSSR count). The highest BCUT2D eigenvalue weighted by atomic mass is 79.9. The Morgan fingerprint density at radius 3 is 2.57 bits per heavy atom. The van der Waals surface area contributed by atoms with Crippen LogP contribution in [0.4, 0.5) is 18.9 Å². The summed E-state index contributed by atoms with van der Waals surface area (Å²) in [5.41, 5.74) is -0.731. The summed E-state index contributed by atoms with van der Waals surface area (Å²) in [5.74, 6) is -0.00864. The van der Waals surface area contributed by atoms with Crippen LogP contribution in [0.2, 0.25) is 0 Å². The molecule has 1 aliphatic rings. The van der Waals surface area contributed by atoms with Gasteiger partial charge in [0.15, 0.2) is 0 Å². The third kappa shape index (κ3) is 4.36. The lowest BCUT2D eigenvalue weighted by Crippen LogP contribution is -2.29. The lowest BCUT2D eigenvalue weighted by Gasteiger charge is -2.17. The quantitative estimate of drug-likeness (QED) is 0.878. The number of hydrogen-bond donors (Lipinski definition) is 1. The number of likely N-dealkylation sites (tertiary alicyclic amines) is 1. The molecule has 0 aromatic heterocycles. The van der Waals surface area contributed by atoms with E-state index in [1.54, 1.807) is 11.0 Å². The van der Waals surface area contributed by atoms with Crippen molar-refractivity contribution < 1.29 is 18.0 Å². The highest BCUT2D eigenvalue weighted by Crippen LogP contribution is 2.36. The second-order valence-corrected chi connectivity index (χ2v) is 5.87. The van der Waals surface area contributed by atoms with E-state index in [2.05, 4.69) is 21.2 Å². The van der Waals surface area contributed by atoms with Gasteiger partial charge in [-0.1, -0.05) is 15.9 Å². The third-order valence-corrected chi connectivity index (χ3v) is 3.89. The average Bonchev–Trinajstić information content (AvgIpc) is 2.93.